The van der Waals surface area contributed by atoms with Crippen molar-refractivity contribution in [3.05, 3.63) is 72.1 Å². The molecule has 0 spiro atoms. The summed E-state index contributed by atoms with van der Waals surface area (Å²) in [6.07, 6.45) is 4.80. The smallest absolute Gasteiger partial charge is 0.314 e. The van der Waals surface area contributed by atoms with Crippen LogP contribution in [-0.2, 0) is 16.0 Å². The number of esters is 1. The second kappa shape index (κ2) is 12.8. The monoisotopic (exact) mass is 478 g/mol. The van der Waals surface area contributed by atoms with Crippen molar-refractivity contribution in [1.82, 2.24) is 20.7 Å². The highest BCUT2D eigenvalue weighted by Crippen LogP contribution is 2.27. The summed E-state index contributed by atoms with van der Waals surface area (Å²) in [6, 6.07) is 17.7. The summed E-state index contributed by atoms with van der Waals surface area (Å²) in [7, 11) is 0. The van der Waals surface area contributed by atoms with Crippen LogP contribution in [0.25, 0.3) is 11.1 Å². The van der Waals surface area contributed by atoms with Gasteiger partial charge in [0.1, 0.15) is 5.69 Å². The molecule has 0 saturated carbocycles. The highest BCUT2D eigenvalue weighted by atomic mass is 16.5. The minimum Gasteiger partial charge on any atom is -0.465 e. The van der Waals surface area contributed by atoms with Crippen molar-refractivity contribution in [2.45, 2.75) is 52.0 Å². The largest absolute Gasteiger partial charge is 0.465 e. The number of carbonyl (C=O) groups excluding carboxylic acids is 2. The summed E-state index contributed by atoms with van der Waals surface area (Å²) >= 11 is 0. The number of aliphatic hydroxyl groups excluding tert-OH is 1. The van der Waals surface area contributed by atoms with Crippen LogP contribution in [0.1, 0.15) is 55.6 Å². The summed E-state index contributed by atoms with van der Waals surface area (Å²) < 4.78 is 5.46. The fourth-order valence-electron chi connectivity index (χ4n) is 3.94. The van der Waals surface area contributed by atoms with Crippen LogP contribution in [-0.4, -0.2) is 51.6 Å². The van der Waals surface area contributed by atoms with Gasteiger partial charge in [0, 0.05) is 6.04 Å². The molecule has 0 bridgehead atoms. The number of unbranched alkanes of at least 4 members (excludes halogenated alkanes) is 2. The van der Waals surface area contributed by atoms with E-state index >= 15 is 0 Å². The van der Waals surface area contributed by atoms with Gasteiger partial charge in [0.15, 0.2) is 0 Å². The SMILES string of the molecule is CCCCCOC(=O)C(C)(CO)C[C@@H](Cc1ccc(-c2ccccc2)cc1)NC(=O)c1cnn[nH]1. The van der Waals surface area contributed by atoms with Crippen molar-refractivity contribution in [3.8, 4) is 11.1 Å². The van der Waals surface area contributed by atoms with Gasteiger partial charge in [-0.05, 0) is 42.9 Å². The number of rotatable bonds is 13. The first-order chi connectivity index (χ1) is 16.9. The number of aromatic amines is 1. The molecule has 3 rings (SSSR count). The molecular formula is C27H34N4O4. The lowest BCUT2D eigenvalue weighted by Gasteiger charge is -2.30. The Labute approximate surface area is 206 Å². The first-order valence-corrected chi connectivity index (χ1v) is 12.0. The number of aromatic nitrogens is 3. The number of nitrogens with one attached hydrogen (secondary N) is 2. The predicted molar refractivity (Wildman–Crippen MR) is 134 cm³/mol. The van der Waals surface area contributed by atoms with E-state index in [-0.39, 0.29) is 24.6 Å². The normalized spacial score (nSPS) is 13.6. The van der Waals surface area contributed by atoms with E-state index in [4.69, 9.17) is 4.74 Å². The van der Waals surface area contributed by atoms with Crippen LogP contribution in [0.15, 0.2) is 60.8 Å². The Balaban J connectivity index is 1.75. The van der Waals surface area contributed by atoms with Crippen molar-refractivity contribution in [3.63, 3.8) is 0 Å². The Morgan fingerprint density at radius 2 is 1.80 bits per heavy atom. The summed E-state index contributed by atoms with van der Waals surface area (Å²) in [5.41, 5.74) is 2.28. The van der Waals surface area contributed by atoms with Crippen molar-refractivity contribution in [2.75, 3.05) is 13.2 Å². The van der Waals surface area contributed by atoms with Crippen molar-refractivity contribution < 1.29 is 19.4 Å². The number of ether oxygens (including phenoxy) is 1. The van der Waals surface area contributed by atoms with Gasteiger partial charge in [0.05, 0.1) is 24.8 Å². The molecule has 0 aliphatic rings. The number of benzene rings is 2. The molecule has 0 aliphatic carbocycles. The predicted octanol–water partition coefficient (Wildman–Crippen LogP) is 3.93. The number of aliphatic hydroxyl groups is 1. The molecule has 186 valence electrons. The Morgan fingerprint density at radius 3 is 2.43 bits per heavy atom. The number of hydrogen-bond acceptors (Lipinski definition) is 6. The maximum atomic E-state index is 12.8. The summed E-state index contributed by atoms with van der Waals surface area (Å²) in [6.45, 7) is 3.68. The summed E-state index contributed by atoms with van der Waals surface area (Å²) in [4.78, 5) is 25.6. The first-order valence-electron chi connectivity index (χ1n) is 12.0. The molecular weight excluding hydrogens is 444 g/mol. The molecule has 1 amide bonds. The van der Waals surface area contributed by atoms with Crippen LogP contribution in [0.3, 0.4) is 0 Å². The molecule has 3 aromatic rings. The lowest BCUT2D eigenvalue weighted by atomic mass is 9.82. The molecule has 0 aliphatic heterocycles. The molecule has 35 heavy (non-hydrogen) atoms. The van der Waals surface area contributed by atoms with Crippen molar-refractivity contribution >= 4 is 11.9 Å². The van der Waals surface area contributed by atoms with Crippen LogP contribution < -0.4 is 5.32 Å². The van der Waals surface area contributed by atoms with Crippen LogP contribution >= 0.6 is 0 Å². The lowest BCUT2D eigenvalue weighted by molar-refractivity contribution is -0.158. The number of amides is 1. The molecule has 1 unspecified atom stereocenters. The second-order valence-corrected chi connectivity index (χ2v) is 9.07. The molecule has 8 heteroatoms. The second-order valence-electron chi connectivity index (χ2n) is 9.07. The third kappa shape index (κ3) is 7.48. The molecule has 0 radical (unpaired) electrons. The van der Waals surface area contributed by atoms with E-state index in [1.54, 1.807) is 6.92 Å². The zero-order valence-electron chi connectivity index (χ0n) is 20.4. The topological polar surface area (TPSA) is 117 Å². The molecule has 0 fully saturated rings. The molecule has 3 N–H and O–H groups in total. The molecule has 0 saturated heterocycles. The van der Waals surface area contributed by atoms with Gasteiger partial charge in [0.2, 0.25) is 0 Å². The Kier molecular flexibility index (Phi) is 9.55. The lowest BCUT2D eigenvalue weighted by Crippen LogP contribution is -2.44. The van der Waals surface area contributed by atoms with E-state index in [0.717, 1.165) is 36.0 Å². The summed E-state index contributed by atoms with van der Waals surface area (Å²) in [5.74, 6) is -0.838. The van der Waals surface area contributed by atoms with Gasteiger partial charge in [-0.1, -0.05) is 79.6 Å². The highest BCUT2D eigenvalue weighted by Gasteiger charge is 2.37. The van der Waals surface area contributed by atoms with E-state index in [0.29, 0.717) is 13.0 Å². The van der Waals surface area contributed by atoms with E-state index in [9.17, 15) is 14.7 Å². The maximum absolute atomic E-state index is 12.8. The maximum Gasteiger partial charge on any atom is 0.314 e. The Morgan fingerprint density at radius 1 is 1.09 bits per heavy atom. The molecule has 1 aromatic heterocycles. The minimum absolute atomic E-state index is 0.212. The van der Waals surface area contributed by atoms with Gasteiger partial charge in [-0.25, -0.2) is 0 Å². The summed E-state index contributed by atoms with van der Waals surface area (Å²) in [5, 5.41) is 22.9. The van der Waals surface area contributed by atoms with Crippen LogP contribution in [0.2, 0.25) is 0 Å². The fourth-order valence-corrected chi connectivity index (χ4v) is 3.94. The molecule has 2 aromatic carbocycles. The van der Waals surface area contributed by atoms with Gasteiger partial charge in [-0.15, -0.1) is 5.10 Å². The minimum atomic E-state index is -1.15. The number of nitrogens with zero attached hydrogens (tertiary/aromatic N) is 2. The van der Waals surface area contributed by atoms with Gasteiger partial charge in [-0.3, -0.25) is 14.7 Å². The zero-order valence-corrected chi connectivity index (χ0v) is 20.4. The molecule has 1 heterocycles. The van der Waals surface area contributed by atoms with Crippen LogP contribution in [0.4, 0.5) is 0 Å². The average molecular weight is 479 g/mol. The first kappa shape index (κ1) is 26.1. The van der Waals surface area contributed by atoms with Gasteiger partial charge >= 0.3 is 5.97 Å². The third-order valence-corrected chi connectivity index (χ3v) is 6.06. The number of H-pyrrole nitrogens is 1. The average Bonchev–Trinajstić information content (AvgIpc) is 3.43. The van der Waals surface area contributed by atoms with Gasteiger partial charge in [0.25, 0.3) is 5.91 Å². The standard InChI is InChI=1S/C27H34N4O4/c1-3-4-8-15-35-26(34)27(2,19-32)17-23(29-25(33)24-18-28-31-30-24)16-20-11-13-22(14-12-20)21-9-6-5-7-10-21/h5-7,9-14,18,23,32H,3-4,8,15-17,19H2,1-2H3,(H,29,33)(H,28,30,31)/t23-,27?/m1/s1. The number of carbonyl (C=O) groups is 2. The van der Waals surface area contributed by atoms with E-state index in [1.165, 1.54) is 6.20 Å². The third-order valence-electron chi connectivity index (χ3n) is 6.06. The van der Waals surface area contributed by atoms with E-state index in [1.807, 2.05) is 42.5 Å². The quantitative estimate of drug-likeness (QED) is 0.253. The Hall–Kier alpha value is -3.52. The molecule has 8 nitrogen and oxygen atoms in total. The zero-order chi connectivity index (χ0) is 25.1. The van der Waals surface area contributed by atoms with Gasteiger partial charge < -0.3 is 15.2 Å². The molecule has 2 atom stereocenters. The van der Waals surface area contributed by atoms with Crippen LogP contribution in [0, 0.1) is 5.41 Å². The van der Waals surface area contributed by atoms with Crippen molar-refractivity contribution in [2.24, 2.45) is 5.41 Å². The fraction of sp³-hybridized carbons (Fsp3) is 0.407. The number of hydrogen-bond donors (Lipinski definition) is 3. The van der Waals surface area contributed by atoms with E-state index in [2.05, 4.69) is 39.8 Å². The highest BCUT2D eigenvalue weighted by molar-refractivity contribution is 5.92. The van der Waals surface area contributed by atoms with Gasteiger partial charge in [-0.2, -0.15) is 0 Å². The Bertz CT molecular complexity index is 1050. The van der Waals surface area contributed by atoms with Crippen molar-refractivity contribution in [1.29, 1.82) is 0 Å². The van der Waals surface area contributed by atoms with Crippen LogP contribution in [0.5, 0.6) is 0 Å². The van der Waals surface area contributed by atoms with E-state index < -0.39 is 17.4 Å².